The van der Waals surface area contributed by atoms with Crippen LogP contribution >= 0.6 is 11.6 Å². The van der Waals surface area contributed by atoms with E-state index in [0.717, 1.165) is 34.1 Å². The van der Waals surface area contributed by atoms with E-state index < -0.39 is 0 Å². The third-order valence-corrected chi connectivity index (χ3v) is 4.56. The van der Waals surface area contributed by atoms with Gasteiger partial charge in [0.25, 0.3) is 0 Å². The lowest BCUT2D eigenvalue weighted by molar-refractivity contribution is 0.216. The molecule has 0 bridgehead atoms. The molecule has 4 heteroatoms. The molecule has 0 fully saturated rings. The van der Waals surface area contributed by atoms with E-state index in [4.69, 9.17) is 26.8 Å². The molecule has 3 rings (SSSR count). The fraction of sp³-hybridized carbons (Fsp3) is 0.238. The highest BCUT2D eigenvalue weighted by atomic mass is 35.5. The zero-order chi connectivity index (χ0) is 17.6. The maximum Gasteiger partial charge on any atom is 0.123 e. The van der Waals surface area contributed by atoms with E-state index in [2.05, 4.69) is 18.2 Å². The number of nitrogens with two attached hydrogens (primary N) is 1. The summed E-state index contributed by atoms with van der Waals surface area (Å²) in [6, 6.07) is 18.0. The van der Waals surface area contributed by atoms with Crippen LogP contribution in [0.15, 0.2) is 54.6 Å². The number of fused-ring (bicyclic) bond motifs is 1. The molecule has 0 saturated heterocycles. The molecule has 0 spiro atoms. The molecule has 130 valence electrons. The molecule has 0 saturated carbocycles. The second kappa shape index (κ2) is 8.24. The van der Waals surface area contributed by atoms with E-state index >= 15 is 0 Å². The van der Waals surface area contributed by atoms with Crippen LogP contribution in [-0.4, -0.2) is 19.8 Å². The topological polar surface area (TPSA) is 44.5 Å². The smallest absolute Gasteiger partial charge is 0.123 e. The highest BCUT2D eigenvalue weighted by Crippen LogP contribution is 2.28. The largest absolute Gasteiger partial charge is 0.490 e. The summed E-state index contributed by atoms with van der Waals surface area (Å²) in [4.78, 5) is 0. The Bertz CT molecular complexity index is 864. The van der Waals surface area contributed by atoms with E-state index in [1.807, 2.05) is 43.3 Å². The number of ether oxygens (including phenoxy) is 2. The van der Waals surface area contributed by atoms with Crippen LogP contribution in [0, 0.1) is 6.92 Å². The van der Waals surface area contributed by atoms with Crippen molar-refractivity contribution in [1.29, 1.82) is 0 Å². The number of hydrogen-bond acceptors (Lipinski definition) is 3. The fourth-order valence-corrected chi connectivity index (χ4v) is 2.99. The van der Waals surface area contributed by atoms with Crippen molar-refractivity contribution in [3.8, 4) is 11.5 Å². The minimum Gasteiger partial charge on any atom is -0.490 e. The number of hydrogen-bond donors (Lipinski definition) is 1. The van der Waals surface area contributed by atoms with Gasteiger partial charge in [-0.05, 0) is 60.5 Å². The molecule has 3 aromatic carbocycles. The van der Waals surface area contributed by atoms with Crippen LogP contribution in [0.5, 0.6) is 11.5 Å². The zero-order valence-electron chi connectivity index (χ0n) is 14.3. The Morgan fingerprint density at radius 1 is 0.960 bits per heavy atom. The molecule has 0 unspecified atom stereocenters. The van der Waals surface area contributed by atoms with Gasteiger partial charge >= 0.3 is 0 Å². The predicted octanol–water partition coefficient (Wildman–Crippen LogP) is 4.76. The van der Waals surface area contributed by atoms with Crippen molar-refractivity contribution in [2.24, 2.45) is 5.73 Å². The average Bonchev–Trinajstić information content (AvgIpc) is 2.63. The molecule has 0 atom stereocenters. The minimum absolute atomic E-state index is 0.468. The van der Waals surface area contributed by atoms with Crippen molar-refractivity contribution >= 4 is 22.4 Å². The monoisotopic (exact) mass is 355 g/mol. The number of aryl methyl sites for hydroxylation is 1. The first-order valence-electron chi connectivity index (χ1n) is 8.41. The molecule has 25 heavy (non-hydrogen) atoms. The average molecular weight is 356 g/mol. The second-order valence-corrected chi connectivity index (χ2v) is 6.32. The predicted molar refractivity (Wildman–Crippen MR) is 104 cm³/mol. The summed E-state index contributed by atoms with van der Waals surface area (Å²) in [7, 11) is 0. The summed E-state index contributed by atoms with van der Waals surface area (Å²) >= 11 is 6.03. The molecule has 0 radical (unpaired) electrons. The van der Waals surface area contributed by atoms with Gasteiger partial charge in [-0.25, -0.2) is 0 Å². The Morgan fingerprint density at radius 2 is 1.76 bits per heavy atom. The number of halogens is 1. The maximum atomic E-state index is 6.03. The van der Waals surface area contributed by atoms with Gasteiger partial charge in [0.2, 0.25) is 0 Å². The van der Waals surface area contributed by atoms with E-state index in [1.165, 1.54) is 10.8 Å². The highest BCUT2D eigenvalue weighted by Gasteiger charge is 2.08. The SMILES string of the molecule is Cc1cc(OCCOc2ccc3ccccc3c2CCN)ccc1Cl. The van der Waals surface area contributed by atoms with Crippen molar-refractivity contribution < 1.29 is 9.47 Å². The first-order valence-corrected chi connectivity index (χ1v) is 8.79. The van der Waals surface area contributed by atoms with Gasteiger partial charge in [-0.2, -0.15) is 0 Å². The van der Waals surface area contributed by atoms with Crippen molar-refractivity contribution in [3.05, 3.63) is 70.7 Å². The standard InChI is InChI=1S/C21H22ClNO2/c1-15-14-17(7-8-20(15)22)24-12-13-25-21-9-6-16-4-2-3-5-18(16)19(21)10-11-23/h2-9,14H,10-13,23H2,1H3. The van der Waals surface area contributed by atoms with E-state index in [9.17, 15) is 0 Å². The van der Waals surface area contributed by atoms with Crippen molar-refractivity contribution in [1.82, 2.24) is 0 Å². The molecule has 0 aliphatic heterocycles. The van der Waals surface area contributed by atoms with Crippen molar-refractivity contribution in [2.75, 3.05) is 19.8 Å². The van der Waals surface area contributed by atoms with Gasteiger partial charge in [0.1, 0.15) is 24.7 Å². The van der Waals surface area contributed by atoms with Gasteiger partial charge in [0, 0.05) is 10.6 Å². The van der Waals surface area contributed by atoms with Crippen LogP contribution in [0.2, 0.25) is 5.02 Å². The Kier molecular flexibility index (Phi) is 5.79. The second-order valence-electron chi connectivity index (χ2n) is 5.91. The summed E-state index contributed by atoms with van der Waals surface area (Å²) < 4.78 is 11.7. The number of benzene rings is 3. The quantitative estimate of drug-likeness (QED) is 0.621. The Morgan fingerprint density at radius 3 is 2.56 bits per heavy atom. The van der Waals surface area contributed by atoms with E-state index in [-0.39, 0.29) is 0 Å². The van der Waals surface area contributed by atoms with Gasteiger partial charge in [-0.15, -0.1) is 0 Å². The van der Waals surface area contributed by atoms with E-state index in [1.54, 1.807) is 0 Å². The molecular weight excluding hydrogens is 334 g/mol. The molecule has 0 amide bonds. The summed E-state index contributed by atoms with van der Waals surface area (Å²) in [5, 5.41) is 3.14. The number of rotatable bonds is 7. The first kappa shape index (κ1) is 17.6. The minimum atomic E-state index is 0.468. The molecule has 3 nitrogen and oxygen atoms in total. The molecule has 0 heterocycles. The molecule has 0 aliphatic carbocycles. The van der Waals surface area contributed by atoms with Crippen LogP contribution in [0.25, 0.3) is 10.8 Å². The van der Waals surface area contributed by atoms with Crippen LogP contribution in [0.4, 0.5) is 0 Å². The van der Waals surface area contributed by atoms with Crippen LogP contribution in [0.1, 0.15) is 11.1 Å². The lowest BCUT2D eigenvalue weighted by Crippen LogP contribution is -2.11. The fourth-order valence-electron chi connectivity index (χ4n) is 2.87. The van der Waals surface area contributed by atoms with Crippen LogP contribution < -0.4 is 15.2 Å². The maximum absolute atomic E-state index is 6.03. The molecule has 0 aliphatic rings. The van der Waals surface area contributed by atoms with Gasteiger partial charge in [0.05, 0.1) is 0 Å². The Hall–Kier alpha value is -2.23. The summed E-state index contributed by atoms with van der Waals surface area (Å²) in [5.41, 5.74) is 7.94. The van der Waals surface area contributed by atoms with Gasteiger partial charge < -0.3 is 15.2 Å². The lowest BCUT2D eigenvalue weighted by atomic mass is 10.0. The first-order chi connectivity index (χ1) is 12.2. The Labute approximate surface area is 153 Å². The van der Waals surface area contributed by atoms with Gasteiger partial charge in [0.15, 0.2) is 0 Å². The van der Waals surface area contributed by atoms with Crippen molar-refractivity contribution in [2.45, 2.75) is 13.3 Å². The molecule has 2 N–H and O–H groups in total. The molecule has 3 aromatic rings. The van der Waals surface area contributed by atoms with Crippen molar-refractivity contribution in [3.63, 3.8) is 0 Å². The molecular formula is C21H22ClNO2. The third kappa shape index (κ3) is 4.25. The van der Waals surface area contributed by atoms with Crippen LogP contribution in [-0.2, 0) is 6.42 Å². The molecule has 0 aromatic heterocycles. The zero-order valence-corrected chi connectivity index (χ0v) is 15.1. The lowest BCUT2D eigenvalue weighted by Gasteiger charge is -2.14. The summed E-state index contributed by atoms with van der Waals surface area (Å²) in [6.07, 6.45) is 0.786. The van der Waals surface area contributed by atoms with E-state index in [0.29, 0.717) is 19.8 Å². The van der Waals surface area contributed by atoms with Gasteiger partial charge in [-0.1, -0.05) is 41.9 Å². The Balaban J connectivity index is 1.66. The highest BCUT2D eigenvalue weighted by molar-refractivity contribution is 6.31. The third-order valence-electron chi connectivity index (χ3n) is 4.13. The summed E-state index contributed by atoms with van der Waals surface area (Å²) in [6.45, 7) is 3.48. The normalized spacial score (nSPS) is 10.8. The van der Waals surface area contributed by atoms with Crippen LogP contribution in [0.3, 0.4) is 0 Å². The van der Waals surface area contributed by atoms with Gasteiger partial charge in [-0.3, -0.25) is 0 Å². The summed E-state index contributed by atoms with van der Waals surface area (Å²) in [5.74, 6) is 1.67.